The van der Waals surface area contributed by atoms with Gasteiger partial charge in [-0.3, -0.25) is 4.79 Å². The van der Waals surface area contributed by atoms with Crippen LogP contribution in [-0.4, -0.2) is 60.5 Å². The average molecular weight is 231 g/mol. The van der Waals surface area contributed by atoms with Crippen molar-refractivity contribution in [2.75, 3.05) is 33.4 Å². The zero-order chi connectivity index (χ0) is 12.0. The Morgan fingerprint density at radius 2 is 2.38 bits per heavy atom. The molecular formula is C11H21NO4. The molecule has 0 bridgehead atoms. The molecule has 0 radical (unpaired) electrons. The van der Waals surface area contributed by atoms with Gasteiger partial charge in [0.2, 0.25) is 0 Å². The molecule has 2 N–H and O–H groups in total. The van der Waals surface area contributed by atoms with E-state index in [4.69, 9.17) is 9.84 Å². The Balaban J connectivity index is 2.16. The first-order valence-corrected chi connectivity index (χ1v) is 5.73. The van der Waals surface area contributed by atoms with Gasteiger partial charge in [0.1, 0.15) is 0 Å². The fraction of sp³-hybridized carbons (Fsp3) is 0.909. The number of likely N-dealkylation sites (tertiary alicyclic amines) is 1. The Morgan fingerprint density at radius 1 is 1.62 bits per heavy atom. The Bertz CT molecular complexity index is 222. The lowest BCUT2D eigenvalue weighted by molar-refractivity contribution is -0.137. The average Bonchev–Trinajstić information content (AvgIpc) is 2.63. The van der Waals surface area contributed by atoms with E-state index in [0.29, 0.717) is 19.1 Å². The molecule has 5 nitrogen and oxygen atoms in total. The number of aliphatic hydroxyl groups is 1. The topological polar surface area (TPSA) is 70.0 Å². The van der Waals surface area contributed by atoms with Gasteiger partial charge in [-0.05, 0) is 25.3 Å². The van der Waals surface area contributed by atoms with E-state index in [1.165, 1.54) is 0 Å². The fourth-order valence-electron chi connectivity index (χ4n) is 2.19. The summed E-state index contributed by atoms with van der Waals surface area (Å²) in [5.41, 5.74) is 0. The molecule has 0 aliphatic carbocycles. The zero-order valence-electron chi connectivity index (χ0n) is 9.76. The van der Waals surface area contributed by atoms with Crippen LogP contribution in [0.2, 0.25) is 0 Å². The van der Waals surface area contributed by atoms with Crippen LogP contribution in [0.25, 0.3) is 0 Å². The number of ether oxygens (including phenoxy) is 1. The SMILES string of the molecule is COCC(O)CN1CCC(CCC(=O)O)C1. The molecule has 0 aromatic rings. The number of hydrogen-bond acceptors (Lipinski definition) is 4. The number of carboxylic acid groups (broad SMARTS) is 1. The maximum atomic E-state index is 10.4. The summed E-state index contributed by atoms with van der Waals surface area (Å²) in [4.78, 5) is 12.6. The Kier molecular flexibility index (Phi) is 5.73. The number of rotatable bonds is 7. The van der Waals surface area contributed by atoms with Crippen LogP contribution in [-0.2, 0) is 9.53 Å². The largest absolute Gasteiger partial charge is 0.481 e. The van der Waals surface area contributed by atoms with Gasteiger partial charge in [0.15, 0.2) is 0 Å². The fourth-order valence-corrected chi connectivity index (χ4v) is 2.19. The highest BCUT2D eigenvalue weighted by Gasteiger charge is 2.24. The number of carboxylic acids is 1. The van der Waals surface area contributed by atoms with Crippen LogP contribution in [0.4, 0.5) is 0 Å². The first-order chi connectivity index (χ1) is 7.61. The molecule has 0 aromatic carbocycles. The van der Waals surface area contributed by atoms with Gasteiger partial charge in [-0.25, -0.2) is 0 Å². The molecule has 0 amide bonds. The van der Waals surface area contributed by atoms with Crippen molar-refractivity contribution in [2.45, 2.75) is 25.4 Å². The van der Waals surface area contributed by atoms with Gasteiger partial charge in [0.25, 0.3) is 0 Å². The quantitative estimate of drug-likeness (QED) is 0.654. The molecule has 1 aliphatic heterocycles. The van der Waals surface area contributed by atoms with E-state index < -0.39 is 12.1 Å². The highest BCUT2D eigenvalue weighted by Crippen LogP contribution is 2.20. The zero-order valence-corrected chi connectivity index (χ0v) is 9.76. The standard InChI is InChI=1S/C11H21NO4/c1-16-8-10(13)7-12-5-4-9(6-12)2-3-11(14)15/h9-10,13H,2-8H2,1H3,(H,14,15). The third-order valence-electron chi connectivity index (χ3n) is 2.96. The number of nitrogens with zero attached hydrogens (tertiary/aromatic N) is 1. The number of hydrogen-bond donors (Lipinski definition) is 2. The summed E-state index contributed by atoms with van der Waals surface area (Å²) >= 11 is 0. The number of β-amino-alcohol motifs (C(OH)–C–C–N with tert-alkyl or cyclic N) is 1. The van der Waals surface area contributed by atoms with E-state index in [-0.39, 0.29) is 6.42 Å². The van der Waals surface area contributed by atoms with Crippen LogP contribution in [0.3, 0.4) is 0 Å². The summed E-state index contributed by atoms with van der Waals surface area (Å²) in [5.74, 6) is -0.260. The van der Waals surface area contributed by atoms with Crippen LogP contribution in [0, 0.1) is 5.92 Å². The van der Waals surface area contributed by atoms with Crippen molar-refractivity contribution >= 4 is 5.97 Å². The third-order valence-corrected chi connectivity index (χ3v) is 2.96. The van der Waals surface area contributed by atoms with Crippen LogP contribution in [0.1, 0.15) is 19.3 Å². The van der Waals surface area contributed by atoms with Crippen LogP contribution < -0.4 is 0 Å². The van der Waals surface area contributed by atoms with Crippen molar-refractivity contribution in [1.29, 1.82) is 0 Å². The first kappa shape index (κ1) is 13.4. The Hall–Kier alpha value is -0.650. The summed E-state index contributed by atoms with van der Waals surface area (Å²) in [6, 6.07) is 0. The van der Waals surface area contributed by atoms with Gasteiger partial charge < -0.3 is 19.8 Å². The first-order valence-electron chi connectivity index (χ1n) is 5.73. The van der Waals surface area contributed by atoms with Crippen LogP contribution >= 0.6 is 0 Å². The molecule has 0 spiro atoms. The predicted octanol–water partition coefficient (Wildman–Crippen LogP) is 0.180. The van der Waals surface area contributed by atoms with Gasteiger partial charge in [-0.15, -0.1) is 0 Å². The molecule has 1 rings (SSSR count). The number of aliphatic carboxylic acids is 1. The Labute approximate surface area is 96.0 Å². The van der Waals surface area contributed by atoms with Crippen molar-refractivity contribution in [3.63, 3.8) is 0 Å². The molecule has 2 unspecified atom stereocenters. The van der Waals surface area contributed by atoms with Crippen molar-refractivity contribution < 1.29 is 19.7 Å². The maximum absolute atomic E-state index is 10.4. The van der Waals surface area contributed by atoms with E-state index in [0.717, 1.165) is 25.9 Å². The van der Waals surface area contributed by atoms with Gasteiger partial charge >= 0.3 is 5.97 Å². The summed E-state index contributed by atoms with van der Waals surface area (Å²) in [7, 11) is 1.57. The van der Waals surface area contributed by atoms with Crippen molar-refractivity contribution in [2.24, 2.45) is 5.92 Å². The molecule has 2 atom stereocenters. The summed E-state index contributed by atoms with van der Waals surface area (Å²) in [6.45, 7) is 2.83. The van der Waals surface area contributed by atoms with Crippen molar-refractivity contribution in [3.8, 4) is 0 Å². The molecule has 1 saturated heterocycles. The second-order valence-corrected chi connectivity index (χ2v) is 4.46. The smallest absolute Gasteiger partial charge is 0.303 e. The molecular weight excluding hydrogens is 210 g/mol. The molecule has 1 fully saturated rings. The highest BCUT2D eigenvalue weighted by atomic mass is 16.5. The third kappa shape index (κ3) is 4.92. The molecule has 5 heteroatoms. The van der Waals surface area contributed by atoms with Crippen molar-refractivity contribution in [1.82, 2.24) is 4.90 Å². The molecule has 0 saturated carbocycles. The minimum atomic E-state index is -0.724. The minimum absolute atomic E-state index is 0.249. The lowest BCUT2D eigenvalue weighted by atomic mass is 10.0. The molecule has 1 heterocycles. The van der Waals surface area contributed by atoms with E-state index in [1.54, 1.807) is 7.11 Å². The second-order valence-electron chi connectivity index (χ2n) is 4.46. The highest BCUT2D eigenvalue weighted by molar-refractivity contribution is 5.66. The van der Waals surface area contributed by atoms with Gasteiger partial charge in [-0.2, -0.15) is 0 Å². The van der Waals surface area contributed by atoms with E-state index >= 15 is 0 Å². The van der Waals surface area contributed by atoms with E-state index in [2.05, 4.69) is 4.90 Å². The summed E-state index contributed by atoms with van der Waals surface area (Å²) in [5, 5.41) is 18.1. The molecule has 1 aliphatic rings. The number of carbonyl (C=O) groups is 1. The Morgan fingerprint density at radius 3 is 3.00 bits per heavy atom. The maximum Gasteiger partial charge on any atom is 0.303 e. The number of methoxy groups -OCH3 is 1. The lowest BCUT2D eigenvalue weighted by Crippen LogP contribution is -2.33. The van der Waals surface area contributed by atoms with Gasteiger partial charge in [-0.1, -0.05) is 0 Å². The summed E-state index contributed by atoms with van der Waals surface area (Å²) in [6.07, 6.45) is 1.58. The normalized spacial score (nSPS) is 23.5. The molecule has 16 heavy (non-hydrogen) atoms. The molecule has 0 aromatic heterocycles. The summed E-state index contributed by atoms with van der Waals surface area (Å²) < 4.78 is 4.87. The lowest BCUT2D eigenvalue weighted by Gasteiger charge is -2.19. The predicted molar refractivity (Wildman–Crippen MR) is 59.3 cm³/mol. The minimum Gasteiger partial charge on any atom is -0.481 e. The van der Waals surface area contributed by atoms with Gasteiger partial charge in [0.05, 0.1) is 12.7 Å². The molecule has 94 valence electrons. The van der Waals surface area contributed by atoms with Crippen LogP contribution in [0.15, 0.2) is 0 Å². The van der Waals surface area contributed by atoms with Crippen LogP contribution in [0.5, 0.6) is 0 Å². The van der Waals surface area contributed by atoms with E-state index in [1.807, 2.05) is 0 Å². The second kappa shape index (κ2) is 6.83. The van der Waals surface area contributed by atoms with Crippen molar-refractivity contribution in [3.05, 3.63) is 0 Å². The number of aliphatic hydroxyl groups excluding tert-OH is 1. The monoisotopic (exact) mass is 231 g/mol. The van der Waals surface area contributed by atoms with Gasteiger partial charge in [0, 0.05) is 26.6 Å². The van der Waals surface area contributed by atoms with E-state index in [9.17, 15) is 9.90 Å².